The Kier molecular flexibility index (Phi) is 13.7. The van der Waals surface area contributed by atoms with Gasteiger partial charge in [-0.1, -0.05) is 65.7 Å². The quantitative estimate of drug-likeness (QED) is 0.123. The molecule has 0 saturated carbocycles. The molecule has 1 aromatic heterocycles. The van der Waals surface area contributed by atoms with E-state index in [0.717, 1.165) is 23.4 Å². The number of hydrogen-bond donors (Lipinski definition) is 3. The number of hydrogen-bond acceptors (Lipinski definition) is 8. The van der Waals surface area contributed by atoms with Crippen LogP contribution in [-0.2, 0) is 37.7 Å². The number of aromatic nitrogens is 2. The molecule has 3 N–H and O–H groups in total. The van der Waals surface area contributed by atoms with Gasteiger partial charge >= 0.3 is 20.0 Å². The highest BCUT2D eigenvalue weighted by Gasteiger charge is 2.45. The van der Waals surface area contributed by atoms with E-state index in [1.54, 1.807) is 36.8 Å². The summed E-state index contributed by atoms with van der Waals surface area (Å²) in [7, 11) is -2.54. The van der Waals surface area contributed by atoms with Crippen LogP contribution in [0.1, 0.15) is 16.7 Å². The molecule has 1 saturated heterocycles. The molecule has 2 atom stereocenters. The lowest BCUT2D eigenvalue weighted by molar-refractivity contribution is -0.192. The van der Waals surface area contributed by atoms with Crippen LogP contribution in [0, 0.1) is 0 Å². The molecule has 5 rings (SSSR count). The molecule has 1 aliphatic heterocycles. The van der Waals surface area contributed by atoms with Crippen LogP contribution in [0.5, 0.6) is 11.5 Å². The average molecular weight is 775 g/mol. The van der Waals surface area contributed by atoms with Crippen molar-refractivity contribution in [3.63, 3.8) is 0 Å². The molecule has 0 bridgehead atoms. The molecule has 0 amide bonds. The van der Waals surface area contributed by atoms with Gasteiger partial charge in [-0.15, -0.1) is 0 Å². The van der Waals surface area contributed by atoms with Crippen LogP contribution < -0.4 is 9.26 Å². The summed E-state index contributed by atoms with van der Waals surface area (Å²) in [5.74, 6) is -3.02. The lowest BCUT2D eigenvalue weighted by atomic mass is 10.1. The molecule has 18 heteroatoms. The van der Waals surface area contributed by atoms with Gasteiger partial charge in [-0.25, -0.2) is 14.3 Å². The Morgan fingerprint density at radius 1 is 1.12 bits per heavy atom. The zero-order chi connectivity index (χ0) is 37.2. The largest absolute Gasteiger partial charge is 0.524 e. The topological polar surface area (TPSA) is 153 Å². The van der Waals surface area contributed by atoms with Crippen molar-refractivity contribution in [3.05, 3.63) is 118 Å². The maximum atomic E-state index is 10.9. The number of carboxylic acids is 1. The number of rotatable bonds is 13. The van der Waals surface area contributed by atoms with E-state index in [-0.39, 0.29) is 11.9 Å². The second-order valence-corrected chi connectivity index (χ2v) is 13.2. The summed E-state index contributed by atoms with van der Waals surface area (Å²) in [5.41, 5.74) is 2.71. The van der Waals surface area contributed by atoms with Crippen LogP contribution in [0.25, 0.3) is 6.08 Å². The molecular formula is C33H33Cl2F3N3O9P. The van der Waals surface area contributed by atoms with Crippen LogP contribution >= 0.6 is 31.0 Å². The van der Waals surface area contributed by atoms with E-state index in [0.29, 0.717) is 41.9 Å². The smallest absolute Gasteiger partial charge is 0.491 e. The van der Waals surface area contributed by atoms with Gasteiger partial charge in [0.15, 0.2) is 0 Å². The number of halogens is 5. The number of benzene rings is 3. The van der Waals surface area contributed by atoms with Crippen molar-refractivity contribution < 1.29 is 56.2 Å². The molecule has 0 aliphatic carbocycles. The Hall–Kier alpha value is -3.92. The van der Waals surface area contributed by atoms with Crippen molar-refractivity contribution in [1.82, 2.24) is 14.5 Å². The lowest BCUT2D eigenvalue weighted by Crippen LogP contribution is -2.34. The van der Waals surface area contributed by atoms with Crippen molar-refractivity contribution in [2.75, 3.05) is 26.8 Å². The van der Waals surface area contributed by atoms with Gasteiger partial charge in [0.1, 0.15) is 24.2 Å². The van der Waals surface area contributed by atoms with Crippen molar-refractivity contribution in [2.24, 2.45) is 0 Å². The first-order valence-electron chi connectivity index (χ1n) is 15.0. The number of alkyl halides is 3. The van der Waals surface area contributed by atoms with E-state index in [1.165, 1.54) is 12.1 Å². The van der Waals surface area contributed by atoms with E-state index < -0.39 is 25.8 Å². The van der Waals surface area contributed by atoms with Gasteiger partial charge in [0.2, 0.25) is 5.79 Å². The third-order valence-electron chi connectivity index (χ3n) is 7.04. The van der Waals surface area contributed by atoms with Gasteiger partial charge in [0, 0.05) is 36.1 Å². The highest BCUT2D eigenvalue weighted by atomic mass is 35.5. The SMILES string of the molecule is CN(C/C=C/c1ccc(OP(=O)(O)O)cc1)Cc1ccc(OC[C@H]2CO[C@](Cn3ccnc3)(c3ccc(Cl)cc3Cl)O2)cc1.O=C(O)C(F)(F)F. The third kappa shape index (κ3) is 12.7. The molecule has 1 fully saturated rings. The minimum atomic E-state index is -5.08. The fraction of sp³-hybridized carbons (Fsp3) is 0.273. The minimum Gasteiger partial charge on any atom is -0.491 e. The molecule has 274 valence electrons. The second-order valence-electron chi connectivity index (χ2n) is 11.2. The summed E-state index contributed by atoms with van der Waals surface area (Å²) in [5, 5.41) is 8.11. The molecule has 12 nitrogen and oxygen atoms in total. The molecule has 0 radical (unpaired) electrons. The predicted molar refractivity (Wildman–Crippen MR) is 181 cm³/mol. The van der Waals surface area contributed by atoms with Crippen molar-refractivity contribution in [3.8, 4) is 11.5 Å². The fourth-order valence-electron chi connectivity index (χ4n) is 4.78. The summed E-state index contributed by atoms with van der Waals surface area (Å²) in [6, 6.07) is 19.7. The Balaban J connectivity index is 0.000000755. The number of imidazole rings is 1. The third-order valence-corrected chi connectivity index (χ3v) is 8.03. The zero-order valence-electron chi connectivity index (χ0n) is 26.8. The van der Waals surface area contributed by atoms with Crippen molar-refractivity contribution in [1.29, 1.82) is 0 Å². The number of carbonyl (C=O) groups is 1. The lowest BCUT2D eigenvalue weighted by Gasteiger charge is -2.30. The molecule has 0 spiro atoms. The molecular weight excluding hydrogens is 741 g/mol. The van der Waals surface area contributed by atoms with E-state index in [2.05, 4.69) is 14.4 Å². The normalized spacial score (nSPS) is 17.7. The van der Waals surface area contributed by atoms with E-state index >= 15 is 0 Å². The maximum absolute atomic E-state index is 10.9. The summed E-state index contributed by atoms with van der Waals surface area (Å²) in [6.07, 6.45) is 3.79. The Morgan fingerprint density at radius 3 is 2.37 bits per heavy atom. The Labute approximate surface area is 300 Å². The van der Waals surface area contributed by atoms with Crippen LogP contribution in [0.15, 0.2) is 91.5 Å². The van der Waals surface area contributed by atoms with E-state index in [1.807, 2.05) is 60.3 Å². The van der Waals surface area contributed by atoms with Gasteiger partial charge in [0.25, 0.3) is 0 Å². The number of ether oxygens (including phenoxy) is 3. The number of likely N-dealkylation sites (N-methyl/N-ethyl adjacent to an activating group) is 1. The molecule has 0 unspecified atom stereocenters. The van der Waals surface area contributed by atoms with Crippen LogP contribution in [0.2, 0.25) is 10.0 Å². The summed E-state index contributed by atoms with van der Waals surface area (Å²) in [4.78, 5) is 33.0. The summed E-state index contributed by atoms with van der Waals surface area (Å²) >= 11 is 12.7. The number of carboxylic acid groups (broad SMARTS) is 1. The Morgan fingerprint density at radius 2 is 1.78 bits per heavy atom. The summed E-state index contributed by atoms with van der Waals surface area (Å²) in [6.45, 7) is 2.43. The number of phosphoric acid groups is 1. The van der Waals surface area contributed by atoms with E-state index in [9.17, 15) is 17.7 Å². The number of phosphoric ester groups is 1. The first kappa shape index (κ1) is 39.9. The first-order valence-corrected chi connectivity index (χ1v) is 17.3. The van der Waals surface area contributed by atoms with Crippen molar-refractivity contribution >= 4 is 43.1 Å². The molecule has 4 aromatic rings. The van der Waals surface area contributed by atoms with Crippen LogP contribution in [0.3, 0.4) is 0 Å². The molecule has 1 aliphatic rings. The molecule has 2 heterocycles. The second kappa shape index (κ2) is 17.5. The minimum absolute atomic E-state index is 0.116. The van der Waals surface area contributed by atoms with Crippen LogP contribution in [-0.4, -0.2) is 74.4 Å². The highest BCUT2D eigenvalue weighted by molar-refractivity contribution is 7.46. The van der Waals surface area contributed by atoms with Crippen molar-refractivity contribution in [2.45, 2.75) is 31.2 Å². The monoisotopic (exact) mass is 773 g/mol. The fourth-order valence-corrected chi connectivity index (χ4v) is 5.73. The van der Waals surface area contributed by atoms with Gasteiger partial charge < -0.3 is 28.4 Å². The highest BCUT2D eigenvalue weighted by Crippen LogP contribution is 2.41. The van der Waals surface area contributed by atoms with Gasteiger partial charge in [0.05, 0.1) is 24.5 Å². The zero-order valence-corrected chi connectivity index (χ0v) is 29.2. The maximum Gasteiger partial charge on any atom is 0.524 e. The number of nitrogens with zero attached hydrogens (tertiary/aromatic N) is 3. The van der Waals surface area contributed by atoms with Crippen LogP contribution in [0.4, 0.5) is 13.2 Å². The summed E-state index contributed by atoms with van der Waals surface area (Å²) < 4.78 is 67.9. The van der Waals surface area contributed by atoms with Gasteiger partial charge in [-0.2, -0.15) is 13.2 Å². The molecule has 51 heavy (non-hydrogen) atoms. The van der Waals surface area contributed by atoms with E-state index in [4.69, 9.17) is 57.1 Å². The van der Waals surface area contributed by atoms with Gasteiger partial charge in [-0.05, 0) is 54.6 Å². The first-order chi connectivity index (χ1) is 24.0. The van der Waals surface area contributed by atoms with Gasteiger partial charge in [-0.3, -0.25) is 14.7 Å². The molecule has 3 aromatic carbocycles. The standard InChI is InChI=1S/C31H32Cl2N3O7P.C2HF3O2/c1-35(15-2-3-23-4-11-27(12-5-23)43-44(37,38)39)18-24-6-9-26(10-7-24)40-19-28-20-41-31(42-28,21-36-16-14-34-22-36)29-13-8-25(32)17-30(29)33;3-2(4,5)1(6)7/h2-14,16-17,22,28H,15,18-21H2,1H3,(H2,37,38,39);(H,6,7)/b3-2+;/t28-,31-;/m0./s1. The average Bonchev–Trinajstić information content (AvgIpc) is 3.71. The Bertz CT molecular complexity index is 1810. The predicted octanol–water partition coefficient (Wildman–Crippen LogP) is 6.79. The number of aliphatic carboxylic acids is 1.